The number of piperazine rings is 1. The van der Waals surface area contributed by atoms with Gasteiger partial charge < -0.3 is 15.5 Å². The molecule has 0 spiro atoms. The lowest BCUT2D eigenvalue weighted by Crippen LogP contribution is -2.60. The smallest absolute Gasteiger partial charge is 0.245 e. The van der Waals surface area contributed by atoms with E-state index in [2.05, 4.69) is 27.8 Å². The Morgan fingerprint density at radius 3 is 2.74 bits per heavy atom. The van der Waals surface area contributed by atoms with Crippen LogP contribution >= 0.6 is 15.9 Å². The molecule has 0 bridgehead atoms. The van der Waals surface area contributed by atoms with E-state index in [4.69, 9.17) is 5.73 Å². The van der Waals surface area contributed by atoms with Crippen LogP contribution < -0.4 is 10.6 Å². The molecule has 0 aliphatic carbocycles. The Hall–Kier alpha value is -1.07. The maximum atomic E-state index is 12.4. The van der Waals surface area contributed by atoms with Crippen molar-refractivity contribution in [1.82, 2.24) is 4.90 Å². The Balaban J connectivity index is 2.39. The molecule has 0 radical (unpaired) electrons. The second-order valence-electron chi connectivity index (χ2n) is 5.02. The highest BCUT2D eigenvalue weighted by Gasteiger charge is 2.37. The molecule has 1 aromatic carbocycles. The highest BCUT2D eigenvalue weighted by Crippen LogP contribution is 2.32. The van der Waals surface area contributed by atoms with Gasteiger partial charge in [0.15, 0.2) is 0 Å². The van der Waals surface area contributed by atoms with Crippen LogP contribution in [-0.4, -0.2) is 43.0 Å². The van der Waals surface area contributed by atoms with Gasteiger partial charge in [-0.05, 0) is 48.0 Å². The van der Waals surface area contributed by atoms with Gasteiger partial charge in [0.2, 0.25) is 5.91 Å². The van der Waals surface area contributed by atoms with Gasteiger partial charge in [-0.15, -0.1) is 0 Å². The summed E-state index contributed by atoms with van der Waals surface area (Å²) in [6.07, 6.45) is 0.675. The number of anilines is 1. The van der Waals surface area contributed by atoms with Gasteiger partial charge in [0.1, 0.15) is 6.04 Å². The fourth-order valence-corrected chi connectivity index (χ4v) is 3.23. The number of rotatable bonds is 3. The van der Waals surface area contributed by atoms with Gasteiger partial charge in [-0.1, -0.05) is 12.1 Å². The van der Waals surface area contributed by atoms with E-state index in [9.17, 15) is 4.79 Å². The molecular formula is C14H20BrN3O. The maximum Gasteiger partial charge on any atom is 0.245 e. The van der Waals surface area contributed by atoms with E-state index in [1.54, 1.807) is 4.90 Å². The minimum atomic E-state index is -0.169. The van der Waals surface area contributed by atoms with Crippen molar-refractivity contribution in [3.8, 4) is 0 Å². The second-order valence-corrected chi connectivity index (χ2v) is 5.87. The zero-order chi connectivity index (χ0) is 14.0. The molecule has 0 saturated carbocycles. The van der Waals surface area contributed by atoms with Crippen LogP contribution in [0.4, 0.5) is 5.69 Å². The lowest BCUT2D eigenvalue weighted by atomic mass is 10.0. The zero-order valence-corrected chi connectivity index (χ0v) is 12.9. The summed E-state index contributed by atoms with van der Waals surface area (Å²) in [7, 11) is 1.86. The summed E-state index contributed by atoms with van der Waals surface area (Å²) < 4.78 is 1.02. The lowest BCUT2D eigenvalue weighted by molar-refractivity contribution is -0.133. The van der Waals surface area contributed by atoms with Crippen molar-refractivity contribution >= 4 is 27.5 Å². The van der Waals surface area contributed by atoms with Crippen molar-refractivity contribution in [3.05, 3.63) is 28.7 Å². The molecular weight excluding hydrogens is 306 g/mol. The Bertz CT molecular complexity index is 466. The van der Waals surface area contributed by atoms with Gasteiger partial charge in [0.25, 0.3) is 0 Å². The van der Waals surface area contributed by atoms with E-state index >= 15 is 0 Å². The number of hydrogen-bond acceptors (Lipinski definition) is 3. The van der Waals surface area contributed by atoms with Crippen LogP contribution in [0.25, 0.3) is 0 Å². The number of hydrogen-bond donors (Lipinski definition) is 1. The Labute approximate surface area is 122 Å². The monoisotopic (exact) mass is 325 g/mol. The molecule has 104 valence electrons. The first-order valence-electron chi connectivity index (χ1n) is 6.54. The standard InChI is InChI=1S/C14H20BrN3O/c1-10-9-17(2)14(19)13(7-8-16)18(10)12-6-4-3-5-11(12)15/h3-6,10,13H,7-9,16H2,1-2H3. The van der Waals surface area contributed by atoms with Crippen molar-refractivity contribution < 1.29 is 4.79 Å². The highest BCUT2D eigenvalue weighted by molar-refractivity contribution is 9.10. The van der Waals surface area contributed by atoms with Crippen LogP contribution in [0.1, 0.15) is 13.3 Å². The first kappa shape index (κ1) is 14.3. The van der Waals surface area contributed by atoms with Gasteiger partial charge in [-0.3, -0.25) is 4.79 Å². The van der Waals surface area contributed by atoms with E-state index in [1.165, 1.54) is 0 Å². The molecule has 2 N–H and O–H groups in total. The van der Waals surface area contributed by atoms with E-state index in [0.29, 0.717) is 13.0 Å². The number of nitrogens with two attached hydrogens (primary N) is 1. The molecule has 19 heavy (non-hydrogen) atoms. The van der Waals surface area contributed by atoms with Gasteiger partial charge >= 0.3 is 0 Å². The molecule has 2 rings (SSSR count). The maximum absolute atomic E-state index is 12.4. The van der Waals surface area contributed by atoms with Crippen LogP contribution in [0.2, 0.25) is 0 Å². The third-order valence-electron chi connectivity index (χ3n) is 3.58. The number of likely N-dealkylation sites (N-methyl/N-ethyl adjacent to an activating group) is 1. The van der Waals surface area contributed by atoms with Crippen LogP contribution in [0.15, 0.2) is 28.7 Å². The third-order valence-corrected chi connectivity index (χ3v) is 4.25. The van der Waals surface area contributed by atoms with Crippen molar-refractivity contribution in [2.24, 2.45) is 5.73 Å². The zero-order valence-electron chi connectivity index (χ0n) is 11.3. The number of halogens is 1. The van der Waals surface area contributed by atoms with E-state index in [0.717, 1.165) is 16.7 Å². The fraction of sp³-hybridized carbons (Fsp3) is 0.500. The second kappa shape index (κ2) is 5.92. The average molecular weight is 326 g/mol. The average Bonchev–Trinajstić information content (AvgIpc) is 2.38. The Kier molecular flexibility index (Phi) is 4.47. The van der Waals surface area contributed by atoms with E-state index in [1.807, 2.05) is 31.3 Å². The van der Waals surface area contributed by atoms with E-state index in [-0.39, 0.29) is 18.0 Å². The molecule has 2 atom stereocenters. The van der Waals surface area contributed by atoms with Gasteiger partial charge in [-0.2, -0.15) is 0 Å². The minimum Gasteiger partial charge on any atom is -0.354 e. The molecule has 4 nitrogen and oxygen atoms in total. The molecule has 1 saturated heterocycles. The summed E-state index contributed by atoms with van der Waals surface area (Å²) in [4.78, 5) is 16.4. The molecule has 1 aliphatic rings. The summed E-state index contributed by atoms with van der Waals surface area (Å²) in [5.41, 5.74) is 6.75. The first-order valence-corrected chi connectivity index (χ1v) is 7.33. The molecule has 5 heteroatoms. The molecule has 1 aromatic rings. The molecule has 2 unspecified atom stereocenters. The Morgan fingerprint density at radius 1 is 1.42 bits per heavy atom. The summed E-state index contributed by atoms with van der Waals surface area (Å²) >= 11 is 3.58. The van der Waals surface area contributed by atoms with E-state index < -0.39 is 0 Å². The van der Waals surface area contributed by atoms with Gasteiger partial charge in [0.05, 0.1) is 5.69 Å². The highest BCUT2D eigenvalue weighted by atomic mass is 79.9. The van der Waals surface area contributed by atoms with Crippen LogP contribution in [0, 0.1) is 0 Å². The number of nitrogens with zero attached hydrogens (tertiary/aromatic N) is 2. The topological polar surface area (TPSA) is 49.6 Å². The molecule has 1 amide bonds. The van der Waals surface area contributed by atoms with Crippen molar-refractivity contribution in [1.29, 1.82) is 0 Å². The quantitative estimate of drug-likeness (QED) is 0.922. The normalized spacial score (nSPS) is 23.9. The summed E-state index contributed by atoms with van der Waals surface area (Å²) in [5.74, 6) is 0.152. The van der Waals surface area contributed by atoms with Gasteiger partial charge in [0, 0.05) is 24.1 Å². The predicted molar refractivity (Wildman–Crippen MR) is 81.2 cm³/mol. The van der Waals surface area contributed by atoms with Crippen molar-refractivity contribution in [2.75, 3.05) is 25.0 Å². The summed E-state index contributed by atoms with van der Waals surface area (Å²) in [6.45, 7) is 3.39. The lowest BCUT2D eigenvalue weighted by Gasteiger charge is -2.45. The number of amides is 1. The molecule has 1 fully saturated rings. The molecule has 0 aromatic heterocycles. The third kappa shape index (κ3) is 2.77. The largest absolute Gasteiger partial charge is 0.354 e. The van der Waals surface area contributed by atoms with Crippen LogP contribution in [0.3, 0.4) is 0 Å². The Morgan fingerprint density at radius 2 is 2.11 bits per heavy atom. The number of para-hydroxylation sites is 1. The summed E-state index contributed by atoms with van der Waals surface area (Å²) in [6, 6.07) is 8.13. The first-order chi connectivity index (χ1) is 9.06. The summed E-state index contributed by atoms with van der Waals surface area (Å²) in [5, 5.41) is 0. The van der Waals surface area contributed by atoms with Gasteiger partial charge in [-0.25, -0.2) is 0 Å². The minimum absolute atomic E-state index is 0.152. The van der Waals surface area contributed by atoms with Crippen molar-refractivity contribution in [3.63, 3.8) is 0 Å². The fourth-order valence-electron chi connectivity index (χ4n) is 2.74. The number of benzene rings is 1. The number of carbonyl (C=O) groups excluding carboxylic acids is 1. The molecule has 1 heterocycles. The predicted octanol–water partition coefficient (Wildman–Crippen LogP) is 1.83. The van der Waals surface area contributed by atoms with Crippen LogP contribution in [0.5, 0.6) is 0 Å². The molecule has 1 aliphatic heterocycles. The number of carbonyl (C=O) groups is 1. The SMILES string of the molecule is CC1CN(C)C(=O)C(CCN)N1c1ccccc1Br. The van der Waals surface area contributed by atoms with Crippen LogP contribution in [-0.2, 0) is 4.79 Å². The van der Waals surface area contributed by atoms with Crippen molar-refractivity contribution in [2.45, 2.75) is 25.4 Å².